The average Bonchev–Trinajstić information content (AvgIpc) is 3.51. The van der Waals surface area contributed by atoms with Gasteiger partial charge < -0.3 is 5.32 Å². The molecule has 0 amide bonds. The van der Waals surface area contributed by atoms with Crippen molar-refractivity contribution in [2.24, 2.45) is 0 Å². The van der Waals surface area contributed by atoms with E-state index in [1.165, 1.54) is 43.2 Å². The fourth-order valence-corrected chi connectivity index (χ4v) is 6.64. The van der Waals surface area contributed by atoms with Crippen LogP contribution < -0.4 is 10.0 Å². The second kappa shape index (κ2) is 9.20. The van der Waals surface area contributed by atoms with Crippen molar-refractivity contribution >= 4 is 33.1 Å². The molecule has 2 saturated heterocycles. The van der Waals surface area contributed by atoms with Crippen LogP contribution in [0.15, 0.2) is 46.7 Å². The second-order valence-corrected chi connectivity index (χ2v) is 10.9. The van der Waals surface area contributed by atoms with Crippen molar-refractivity contribution in [3.63, 3.8) is 0 Å². The fraction of sp³-hybridized carbons (Fsp3) is 0.348. The maximum absolute atomic E-state index is 14.7. The predicted molar refractivity (Wildman–Crippen MR) is 125 cm³/mol. The maximum Gasteiger partial charge on any atom is 0.268 e. The van der Waals surface area contributed by atoms with Gasteiger partial charge in [-0.3, -0.25) is 9.62 Å². The Morgan fingerprint density at radius 1 is 1.00 bits per heavy atom. The van der Waals surface area contributed by atoms with Crippen LogP contribution in [0.1, 0.15) is 36.8 Å². The van der Waals surface area contributed by atoms with Crippen molar-refractivity contribution in [1.29, 1.82) is 0 Å². The highest BCUT2D eigenvalue weighted by Crippen LogP contribution is 2.39. The molecule has 0 saturated carbocycles. The van der Waals surface area contributed by atoms with Gasteiger partial charge in [-0.05, 0) is 67.0 Å². The Morgan fingerprint density at radius 3 is 2.29 bits per heavy atom. The minimum atomic E-state index is -4.51. The molecule has 2 aliphatic rings. The van der Waals surface area contributed by atoms with E-state index in [9.17, 15) is 21.6 Å². The lowest BCUT2D eigenvalue weighted by molar-refractivity contribution is 0.243. The Balaban J connectivity index is 1.34. The zero-order valence-electron chi connectivity index (χ0n) is 18.1. The molecule has 3 aromatic rings. The van der Waals surface area contributed by atoms with Gasteiger partial charge in [-0.15, -0.1) is 0 Å². The highest BCUT2D eigenvalue weighted by atomic mass is 32.2. The number of hydrogen-bond donors (Lipinski definition) is 2. The van der Waals surface area contributed by atoms with Crippen molar-refractivity contribution in [2.45, 2.75) is 55.8 Å². The largest absolute Gasteiger partial charge is 0.381 e. The second-order valence-electron chi connectivity index (χ2n) is 8.62. The number of sulfonamides is 1. The molecule has 0 atom stereocenters. The van der Waals surface area contributed by atoms with Gasteiger partial charge >= 0.3 is 0 Å². The summed E-state index contributed by atoms with van der Waals surface area (Å²) in [5, 5.41) is 4.38. The number of benzene rings is 2. The normalized spacial score (nSPS) is 20.1. The number of rotatable bonds is 8. The van der Waals surface area contributed by atoms with Crippen LogP contribution in [-0.2, 0) is 23.1 Å². The van der Waals surface area contributed by atoms with Crippen molar-refractivity contribution < 1.29 is 21.6 Å². The average molecular weight is 509 g/mol. The van der Waals surface area contributed by atoms with Crippen LogP contribution in [0, 0.1) is 17.5 Å². The van der Waals surface area contributed by atoms with E-state index in [1.54, 1.807) is 6.07 Å². The van der Waals surface area contributed by atoms with Crippen molar-refractivity contribution in [2.75, 3.05) is 10.0 Å². The van der Waals surface area contributed by atoms with Crippen LogP contribution in [0.3, 0.4) is 0 Å². The molecule has 6 nitrogen and oxygen atoms in total. The van der Waals surface area contributed by atoms with Crippen LogP contribution >= 0.6 is 11.5 Å². The van der Waals surface area contributed by atoms with Gasteiger partial charge in [0.15, 0.2) is 10.7 Å². The van der Waals surface area contributed by atoms with E-state index < -0.39 is 32.4 Å². The van der Waals surface area contributed by atoms with Crippen molar-refractivity contribution in [1.82, 2.24) is 9.27 Å². The first kappa shape index (κ1) is 23.1. The van der Waals surface area contributed by atoms with E-state index >= 15 is 0 Å². The summed E-state index contributed by atoms with van der Waals surface area (Å²) in [5.74, 6) is -2.94. The standard InChI is InChI=1S/C23H23F3N4O2S2/c24-19-3-1-2-14(13-30-16-4-5-17(30)7-6-16)18(19)12-27-15-10-20(25)23(21(26)11-15)34(31,32)29-22-8-9-33-28-22/h1-3,8-11,16-17,27H,4-7,12-13H2,(H,28,29). The number of fused-ring (bicyclic) bond motifs is 2. The highest BCUT2D eigenvalue weighted by molar-refractivity contribution is 7.92. The topological polar surface area (TPSA) is 74.3 Å². The van der Waals surface area contributed by atoms with Gasteiger partial charge in [0.05, 0.1) is 0 Å². The number of nitrogens with one attached hydrogen (secondary N) is 2. The molecule has 2 fully saturated rings. The zero-order valence-corrected chi connectivity index (χ0v) is 19.7. The third-order valence-corrected chi connectivity index (χ3v) is 8.55. The number of aromatic nitrogens is 1. The lowest BCUT2D eigenvalue weighted by Crippen LogP contribution is -2.28. The van der Waals surface area contributed by atoms with Gasteiger partial charge in [-0.1, -0.05) is 12.1 Å². The quantitative estimate of drug-likeness (QED) is 0.443. The predicted octanol–water partition coefficient (Wildman–Crippen LogP) is 5.10. The van der Waals surface area contributed by atoms with E-state index in [2.05, 4.69) is 19.3 Å². The summed E-state index contributed by atoms with van der Waals surface area (Å²) in [5.41, 5.74) is 1.27. The molecule has 34 heavy (non-hydrogen) atoms. The van der Waals surface area contributed by atoms with Crippen molar-refractivity contribution in [3.8, 4) is 0 Å². The smallest absolute Gasteiger partial charge is 0.268 e. The minimum Gasteiger partial charge on any atom is -0.381 e. The molecule has 11 heteroatoms. The number of anilines is 2. The van der Waals surface area contributed by atoms with Gasteiger partial charge in [-0.25, -0.2) is 21.6 Å². The van der Waals surface area contributed by atoms with Crippen LogP contribution in [0.4, 0.5) is 24.7 Å². The molecule has 1 aromatic heterocycles. The maximum atomic E-state index is 14.7. The third kappa shape index (κ3) is 4.51. The van der Waals surface area contributed by atoms with Crippen LogP contribution in [0.25, 0.3) is 0 Å². The number of nitrogens with zero attached hydrogens (tertiary/aromatic N) is 2. The van der Waals surface area contributed by atoms with E-state index in [0.717, 1.165) is 29.2 Å². The lowest BCUT2D eigenvalue weighted by Gasteiger charge is -2.23. The SMILES string of the molecule is O=S(=O)(Nc1ccsn1)c1c(F)cc(NCc2c(F)cccc2CN2C3CCC2CC3)cc1F. The molecule has 180 valence electrons. The molecular weight excluding hydrogens is 485 g/mol. The summed E-state index contributed by atoms with van der Waals surface area (Å²) in [4.78, 5) is 1.33. The molecule has 2 N–H and O–H groups in total. The van der Waals surface area contributed by atoms with E-state index in [0.29, 0.717) is 24.2 Å². The van der Waals surface area contributed by atoms with Gasteiger partial charge in [0.1, 0.15) is 17.5 Å². The highest BCUT2D eigenvalue weighted by Gasteiger charge is 2.39. The molecule has 2 aliphatic heterocycles. The van der Waals surface area contributed by atoms with Gasteiger partial charge in [-0.2, -0.15) is 4.37 Å². The van der Waals surface area contributed by atoms with E-state index in [4.69, 9.17) is 0 Å². The van der Waals surface area contributed by atoms with E-state index in [-0.39, 0.29) is 18.1 Å². The van der Waals surface area contributed by atoms with Crippen LogP contribution in [0.2, 0.25) is 0 Å². The molecule has 0 radical (unpaired) electrons. The molecule has 0 spiro atoms. The molecule has 5 rings (SSSR count). The zero-order chi connectivity index (χ0) is 23.9. The molecule has 0 aliphatic carbocycles. The molecule has 3 heterocycles. The molecule has 2 aromatic carbocycles. The Labute approximate surface area is 200 Å². The summed E-state index contributed by atoms with van der Waals surface area (Å²) in [6.07, 6.45) is 4.66. The van der Waals surface area contributed by atoms with Crippen molar-refractivity contribution in [3.05, 3.63) is 70.4 Å². The minimum absolute atomic E-state index is 0.00717. The summed E-state index contributed by atoms with van der Waals surface area (Å²) in [6, 6.07) is 9.13. The lowest BCUT2D eigenvalue weighted by atomic mass is 10.0. The molecule has 0 unspecified atom stereocenters. The van der Waals surface area contributed by atoms with Gasteiger partial charge in [0, 0.05) is 41.8 Å². The Hall–Kier alpha value is -2.63. The fourth-order valence-electron chi connectivity index (χ4n) is 4.99. The number of hydrogen-bond acceptors (Lipinski definition) is 6. The molecular formula is C23H23F3N4O2S2. The van der Waals surface area contributed by atoms with Crippen LogP contribution in [-0.4, -0.2) is 29.8 Å². The summed E-state index contributed by atoms with van der Waals surface area (Å²) in [6.45, 7) is 0.638. The Bertz CT molecular complexity index is 1260. The first-order valence-electron chi connectivity index (χ1n) is 11.0. The number of halogens is 3. The third-order valence-electron chi connectivity index (χ3n) is 6.59. The summed E-state index contributed by atoms with van der Waals surface area (Å²) < 4.78 is 74.8. The van der Waals surface area contributed by atoms with Crippen LogP contribution in [0.5, 0.6) is 0 Å². The Kier molecular flexibility index (Phi) is 6.26. The Morgan fingerprint density at radius 2 is 1.68 bits per heavy atom. The monoisotopic (exact) mass is 508 g/mol. The first-order chi connectivity index (χ1) is 16.3. The summed E-state index contributed by atoms with van der Waals surface area (Å²) in [7, 11) is -4.51. The summed E-state index contributed by atoms with van der Waals surface area (Å²) >= 11 is 0.998. The van der Waals surface area contributed by atoms with E-state index in [1.807, 2.05) is 6.07 Å². The van der Waals surface area contributed by atoms with Gasteiger partial charge in [0.2, 0.25) is 0 Å². The van der Waals surface area contributed by atoms with Gasteiger partial charge in [0.25, 0.3) is 10.0 Å². The molecule has 2 bridgehead atoms. The first-order valence-corrected chi connectivity index (χ1v) is 13.3.